The molecule has 2 heteroatoms. The van der Waals surface area contributed by atoms with Gasteiger partial charge in [-0.2, -0.15) is 0 Å². The van der Waals surface area contributed by atoms with E-state index in [0.29, 0.717) is 0 Å². The molecule has 0 aromatic heterocycles. The Morgan fingerprint density at radius 2 is 1.58 bits per heavy atom. The Balaban J connectivity index is 0. The summed E-state index contributed by atoms with van der Waals surface area (Å²) >= 11 is 0. The first-order chi connectivity index (χ1) is 5.93. The van der Waals surface area contributed by atoms with Gasteiger partial charge in [0.2, 0.25) is 0 Å². The first-order valence-corrected chi connectivity index (χ1v) is 4.80. The van der Waals surface area contributed by atoms with E-state index in [2.05, 4.69) is 12.7 Å². The maximum absolute atomic E-state index is 8.00. The lowest BCUT2D eigenvalue weighted by atomic mass is 9.88. The van der Waals surface area contributed by atoms with Gasteiger partial charge < -0.3 is 10.5 Å². The van der Waals surface area contributed by atoms with Gasteiger partial charge in [0.05, 0.1) is 0 Å². The van der Waals surface area contributed by atoms with Crippen LogP contribution in [0.15, 0.2) is 0 Å². The Hall–Kier alpha value is -0.370. The molecule has 0 spiro atoms. The smallest absolute Gasteiger partial charge is 0.106 e. The average Bonchev–Trinajstić information content (AvgIpc) is 2.25. The molecule has 0 amide bonds. The molecule has 0 radical (unpaired) electrons. The van der Waals surface area contributed by atoms with Gasteiger partial charge in [0.25, 0.3) is 0 Å². The van der Waals surface area contributed by atoms with Crippen LogP contribution in [0.3, 0.4) is 0 Å². The molecule has 2 N–H and O–H groups in total. The van der Waals surface area contributed by atoms with E-state index in [9.17, 15) is 0 Å². The van der Waals surface area contributed by atoms with Gasteiger partial charge in [0, 0.05) is 0 Å². The van der Waals surface area contributed by atoms with E-state index >= 15 is 0 Å². The highest BCUT2D eigenvalue weighted by atomic mass is 16.1. The van der Waals surface area contributed by atoms with Crippen molar-refractivity contribution in [1.82, 2.24) is 0 Å². The molecule has 0 unspecified atom stereocenters. The molecule has 0 aromatic carbocycles. The van der Waals surface area contributed by atoms with E-state index in [-0.39, 0.29) is 0 Å². The number of nitrogens with two attached hydrogens (primary N) is 1. The second kappa shape index (κ2) is 13.2. The van der Waals surface area contributed by atoms with Crippen LogP contribution in [0.5, 0.6) is 0 Å². The summed E-state index contributed by atoms with van der Waals surface area (Å²) in [6.45, 7) is 4.32. The number of rotatable bonds is 1. The van der Waals surface area contributed by atoms with E-state index in [0.717, 1.165) is 5.92 Å². The summed E-state index contributed by atoms with van der Waals surface area (Å²) in [5.74, 6) is 1.09. The third kappa shape index (κ3) is 7.73. The fourth-order valence-electron chi connectivity index (χ4n) is 1.60. The van der Waals surface area contributed by atoms with Crippen molar-refractivity contribution in [3.8, 4) is 0 Å². The van der Waals surface area contributed by atoms with E-state index in [4.69, 9.17) is 4.79 Å². The first kappa shape index (κ1) is 14.2. The van der Waals surface area contributed by atoms with Crippen LogP contribution in [-0.2, 0) is 4.79 Å². The Kier molecular flexibility index (Phi) is 15.6. The lowest BCUT2D eigenvalue weighted by Crippen LogP contribution is -2.03. The standard InChI is InChI=1S/C8H16.CH5N.CH2O/c1-2-8-6-4-3-5-7-8;2*1-2/h8H,2-7H2,1H3;2H2,1H3;1H2. The summed E-state index contributed by atoms with van der Waals surface area (Å²) < 4.78 is 0. The zero-order valence-corrected chi connectivity index (χ0v) is 8.51. The van der Waals surface area contributed by atoms with Crippen LogP contribution >= 0.6 is 0 Å². The molecule has 0 atom stereocenters. The second-order valence-electron chi connectivity index (χ2n) is 2.91. The predicted molar refractivity (Wildman–Crippen MR) is 54.1 cm³/mol. The summed E-state index contributed by atoms with van der Waals surface area (Å²) in [5, 5.41) is 0. The van der Waals surface area contributed by atoms with Crippen molar-refractivity contribution in [1.29, 1.82) is 0 Å². The molecule has 12 heavy (non-hydrogen) atoms. The highest BCUT2D eigenvalue weighted by Crippen LogP contribution is 2.25. The molecule has 1 aliphatic rings. The maximum Gasteiger partial charge on any atom is 0.106 e. The van der Waals surface area contributed by atoms with Crippen molar-refractivity contribution < 1.29 is 4.79 Å². The molecule has 0 saturated heterocycles. The molecule has 0 bridgehead atoms. The normalized spacial score (nSPS) is 16.6. The van der Waals surface area contributed by atoms with Gasteiger partial charge in [-0.1, -0.05) is 45.4 Å². The molecule has 74 valence electrons. The zero-order chi connectivity index (χ0) is 9.82. The van der Waals surface area contributed by atoms with Crippen LogP contribution in [0.25, 0.3) is 0 Å². The van der Waals surface area contributed by atoms with Gasteiger partial charge in [-0.25, -0.2) is 0 Å². The second-order valence-corrected chi connectivity index (χ2v) is 2.91. The first-order valence-electron chi connectivity index (χ1n) is 4.80. The molecule has 0 aromatic rings. The summed E-state index contributed by atoms with van der Waals surface area (Å²) in [6.07, 6.45) is 8.93. The van der Waals surface area contributed by atoms with Crippen LogP contribution in [0.1, 0.15) is 45.4 Å². The summed E-state index contributed by atoms with van der Waals surface area (Å²) in [6, 6.07) is 0. The van der Waals surface area contributed by atoms with E-state index < -0.39 is 0 Å². The molecule has 1 fully saturated rings. The van der Waals surface area contributed by atoms with Gasteiger partial charge in [-0.3, -0.25) is 0 Å². The lowest BCUT2D eigenvalue weighted by Gasteiger charge is -2.18. The van der Waals surface area contributed by atoms with Crippen LogP contribution in [-0.4, -0.2) is 13.8 Å². The molecular formula is C10H23NO. The fourth-order valence-corrected chi connectivity index (χ4v) is 1.60. The highest BCUT2D eigenvalue weighted by Gasteiger charge is 2.09. The third-order valence-electron chi connectivity index (χ3n) is 2.30. The zero-order valence-electron chi connectivity index (χ0n) is 8.51. The van der Waals surface area contributed by atoms with Gasteiger partial charge >= 0.3 is 0 Å². The number of carbonyl (C=O) groups excluding carboxylic acids is 1. The minimum Gasteiger partial charge on any atom is -0.333 e. The van der Waals surface area contributed by atoms with Crippen LogP contribution in [0.4, 0.5) is 0 Å². The summed E-state index contributed by atoms with van der Waals surface area (Å²) in [7, 11) is 1.50. The van der Waals surface area contributed by atoms with E-state index in [1.54, 1.807) is 0 Å². The molecule has 0 aliphatic heterocycles. The molecule has 0 heterocycles. The third-order valence-corrected chi connectivity index (χ3v) is 2.30. The Bertz CT molecular complexity index is 70.2. The van der Waals surface area contributed by atoms with Gasteiger partial charge in [-0.05, 0) is 13.0 Å². The topological polar surface area (TPSA) is 43.1 Å². The maximum atomic E-state index is 8.00. The molecular weight excluding hydrogens is 150 g/mol. The van der Waals surface area contributed by atoms with E-state index in [1.807, 2.05) is 6.79 Å². The van der Waals surface area contributed by atoms with Gasteiger partial charge in [-0.15, -0.1) is 0 Å². The van der Waals surface area contributed by atoms with Crippen molar-refractivity contribution in [2.75, 3.05) is 7.05 Å². The molecule has 1 rings (SSSR count). The number of carbonyl (C=O) groups is 1. The van der Waals surface area contributed by atoms with Crippen molar-refractivity contribution >= 4 is 6.79 Å². The Morgan fingerprint density at radius 3 is 1.83 bits per heavy atom. The van der Waals surface area contributed by atoms with Crippen LogP contribution in [0, 0.1) is 5.92 Å². The minimum atomic E-state index is 1.09. The fraction of sp³-hybridized carbons (Fsp3) is 0.900. The van der Waals surface area contributed by atoms with Gasteiger partial charge in [0.1, 0.15) is 6.79 Å². The largest absolute Gasteiger partial charge is 0.333 e. The number of hydrogen-bond donors (Lipinski definition) is 1. The lowest BCUT2D eigenvalue weighted by molar-refractivity contribution is -0.0979. The monoisotopic (exact) mass is 173 g/mol. The predicted octanol–water partition coefficient (Wildman–Crippen LogP) is 2.37. The Labute approximate surface area is 76.5 Å². The van der Waals surface area contributed by atoms with Crippen molar-refractivity contribution in [2.24, 2.45) is 11.7 Å². The quantitative estimate of drug-likeness (QED) is 0.661. The Morgan fingerprint density at radius 1 is 1.17 bits per heavy atom. The summed E-state index contributed by atoms with van der Waals surface area (Å²) in [5.41, 5.74) is 4.50. The van der Waals surface area contributed by atoms with Gasteiger partial charge in [0.15, 0.2) is 0 Å². The molecule has 1 aliphatic carbocycles. The van der Waals surface area contributed by atoms with Crippen LogP contribution < -0.4 is 5.73 Å². The summed E-state index contributed by atoms with van der Waals surface area (Å²) in [4.78, 5) is 8.00. The highest BCUT2D eigenvalue weighted by molar-refractivity contribution is 5.10. The molecule has 2 nitrogen and oxygen atoms in total. The van der Waals surface area contributed by atoms with Crippen molar-refractivity contribution in [2.45, 2.75) is 45.4 Å². The van der Waals surface area contributed by atoms with Crippen LogP contribution in [0.2, 0.25) is 0 Å². The van der Waals surface area contributed by atoms with E-state index in [1.165, 1.54) is 45.6 Å². The average molecular weight is 173 g/mol. The van der Waals surface area contributed by atoms with Crippen molar-refractivity contribution in [3.63, 3.8) is 0 Å². The van der Waals surface area contributed by atoms with Crippen molar-refractivity contribution in [3.05, 3.63) is 0 Å². The minimum absolute atomic E-state index is 1.09. The number of hydrogen-bond acceptors (Lipinski definition) is 2. The molecule has 1 saturated carbocycles. The SMILES string of the molecule is C=O.CCC1CCCCC1.CN.